The molecule has 0 radical (unpaired) electrons. The molecule has 21 heavy (non-hydrogen) atoms. The van der Waals surface area contributed by atoms with Gasteiger partial charge in [0, 0.05) is 11.8 Å². The first-order valence-corrected chi connectivity index (χ1v) is 6.36. The van der Waals surface area contributed by atoms with Crippen molar-refractivity contribution >= 4 is 11.6 Å². The number of carbonyl (C=O) groups excluding carboxylic acids is 1. The van der Waals surface area contributed by atoms with E-state index in [-0.39, 0.29) is 5.91 Å². The lowest BCUT2D eigenvalue weighted by Gasteiger charge is -2.12. The predicted molar refractivity (Wildman–Crippen MR) is 80.5 cm³/mol. The summed E-state index contributed by atoms with van der Waals surface area (Å²) in [6, 6.07) is 12.2. The lowest BCUT2D eigenvalue weighted by atomic mass is 10.2. The monoisotopic (exact) mass is 287 g/mol. The average Bonchev–Trinajstić information content (AvgIpc) is 2.54. The molecule has 0 bridgehead atoms. The van der Waals surface area contributed by atoms with Crippen molar-refractivity contribution in [1.82, 2.24) is 0 Å². The van der Waals surface area contributed by atoms with E-state index >= 15 is 0 Å². The Bertz CT molecular complexity index is 640. The van der Waals surface area contributed by atoms with Crippen LogP contribution in [0.2, 0.25) is 0 Å². The number of methoxy groups -OCH3 is 3. The number of benzene rings is 2. The number of para-hydroxylation sites is 1. The third kappa shape index (κ3) is 3.25. The summed E-state index contributed by atoms with van der Waals surface area (Å²) in [7, 11) is 4.64. The van der Waals surface area contributed by atoms with E-state index < -0.39 is 0 Å². The van der Waals surface area contributed by atoms with Gasteiger partial charge in [-0.05, 0) is 24.3 Å². The number of anilines is 1. The van der Waals surface area contributed by atoms with Crippen LogP contribution in [0.25, 0.3) is 0 Å². The third-order valence-corrected chi connectivity index (χ3v) is 2.99. The van der Waals surface area contributed by atoms with E-state index in [4.69, 9.17) is 14.2 Å². The van der Waals surface area contributed by atoms with Crippen molar-refractivity contribution in [2.24, 2.45) is 0 Å². The van der Waals surface area contributed by atoms with Crippen molar-refractivity contribution in [3.8, 4) is 17.2 Å². The molecule has 0 aliphatic heterocycles. The van der Waals surface area contributed by atoms with Gasteiger partial charge in [0.15, 0.2) is 11.5 Å². The van der Waals surface area contributed by atoms with Gasteiger partial charge in [0.1, 0.15) is 5.75 Å². The summed E-state index contributed by atoms with van der Waals surface area (Å²) in [5.74, 6) is 1.43. The Hall–Kier alpha value is -2.69. The Labute approximate surface area is 123 Å². The highest BCUT2D eigenvalue weighted by Crippen LogP contribution is 2.30. The van der Waals surface area contributed by atoms with Gasteiger partial charge >= 0.3 is 0 Å². The maximum atomic E-state index is 12.3. The lowest BCUT2D eigenvalue weighted by Crippen LogP contribution is -2.13. The molecule has 0 saturated heterocycles. The molecule has 1 N–H and O–H groups in total. The van der Waals surface area contributed by atoms with Gasteiger partial charge in [-0.2, -0.15) is 0 Å². The van der Waals surface area contributed by atoms with Crippen molar-refractivity contribution in [2.75, 3.05) is 26.6 Å². The van der Waals surface area contributed by atoms with Crippen molar-refractivity contribution in [1.29, 1.82) is 0 Å². The number of nitrogens with one attached hydrogen (secondary N) is 1. The number of hydrogen-bond acceptors (Lipinski definition) is 4. The van der Waals surface area contributed by atoms with Crippen molar-refractivity contribution in [3.05, 3.63) is 48.0 Å². The molecule has 0 spiro atoms. The minimum atomic E-state index is -0.250. The average molecular weight is 287 g/mol. The molecule has 5 heteroatoms. The van der Waals surface area contributed by atoms with E-state index in [0.29, 0.717) is 28.5 Å². The summed E-state index contributed by atoms with van der Waals surface area (Å²) in [6.07, 6.45) is 0. The van der Waals surface area contributed by atoms with Crippen LogP contribution in [-0.4, -0.2) is 27.2 Å². The van der Waals surface area contributed by atoms with Crippen molar-refractivity contribution in [3.63, 3.8) is 0 Å². The smallest absolute Gasteiger partial charge is 0.259 e. The molecule has 0 heterocycles. The van der Waals surface area contributed by atoms with Crippen LogP contribution in [0.1, 0.15) is 10.4 Å². The minimum Gasteiger partial charge on any atom is -0.496 e. The fourth-order valence-electron chi connectivity index (χ4n) is 1.94. The summed E-state index contributed by atoms with van der Waals surface area (Å²) >= 11 is 0. The highest BCUT2D eigenvalue weighted by Gasteiger charge is 2.13. The summed E-state index contributed by atoms with van der Waals surface area (Å²) < 4.78 is 15.5. The van der Waals surface area contributed by atoms with Crippen LogP contribution >= 0.6 is 0 Å². The molecule has 0 unspecified atom stereocenters. The summed E-state index contributed by atoms with van der Waals surface area (Å²) in [5, 5.41) is 2.80. The first-order chi connectivity index (χ1) is 10.2. The second-order valence-corrected chi connectivity index (χ2v) is 4.22. The van der Waals surface area contributed by atoms with Crippen LogP contribution in [0.3, 0.4) is 0 Å². The normalized spacial score (nSPS) is 9.86. The van der Waals surface area contributed by atoms with Gasteiger partial charge in [-0.15, -0.1) is 0 Å². The van der Waals surface area contributed by atoms with E-state index in [9.17, 15) is 4.79 Å². The summed E-state index contributed by atoms with van der Waals surface area (Å²) in [6.45, 7) is 0. The topological polar surface area (TPSA) is 56.8 Å². The Morgan fingerprint density at radius 1 is 0.857 bits per heavy atom. The van der Waals surface area contributed by atoms with Gasteiger partial charge < -0.3 is 19.5 Å². The third-order valence-electron chi connectivity index (χ3n) is 2.99. The maximum absolute atomic E-state index is 12.3. The number of ether oxygens (including phenoxy) is 3. The summed E-state index contributed by atoms with van der Waals surface area (Å²) in [4.78, 5) is 12.3. The number of amides is 1. The molecule has 0 aromatic heterocycles. The molecule has 0 fully saturated rings. The number of carbonyl (C=O) groups is 1. The van der Waals surface area contributed by atoms with E-state index in [2.05, 4.69) is 5.32 Å². The Balaban J connectivity index is 2.23. The van der Waals surface area contributed by atoms with Gasteiger partial charge in [-0.3, -0.25) is 4.79 Å². The predicted octanol–water partition coefficient (Wildman–Crippen LogP) is 2.96. The quantitative estimate of drug-likeness (QED) is 0.918. The van der Waals surface area contributed by atoms with Gasteiger partial charge in [-0.25, -0.2) is 0 Å². The molecule has 2 rings (SSSR count). The van der Waals surface area contributed by atoms with E-state index in [1.165, 1.54) is 7.11 Å². The SMILES string of the molecule is COc1ccc(NC(=O)c2ccccc2OC)cc1OC. The fraction of sp³-hybridized carbons (Fsp3) is 0.188. The molecule has 2 aromatic rings. The molecule has 5 nitrogen and oxygen atoms in total. The summed E-state index contributed by atoms with van der Waals surface area (Å²) in [5.41, 5.74) is 1.08. The largest absolute Gasteiger partial charge is 0.496 e. The zero-order chi connectivity index (χ0) is 15.2. The Kier molecular flexibility index (Phi) is 4.66. The molecule has 0 saturated carbocycles. The van der Waals surface area contributed by atoms with Crippen LogP contribution in [0.5, 0.6) is 17.2 Å². The second-order valence-electron chi connectivity index (χ2n) is 4.22. The number of rotatable bonds is 5. The first-order valence-electron chi connectivity index (χ1n) is 6.36. The molecule has 110 valence electrons. The van der Waals surface area contributed by atoms with E-state index in [1.807, 2.05) is 6.07 Å². The van der Waals surface area contributed by atoms with Gasteiger partial charge in [0.05, 0.1) is 26.9 Å². The fourth-order valence-corrected chi connectivity index (χ4v) is 1.94. The van der Waals surface area contributed by atoms with Crippen LogP contribution in [0.15, 0.2) is 42.5 Å². The molecular weight excluding hydrogens is 270 g/mol. The highest BCUT2D eigenvalue weighted by molar-refractivity contribution is 6.06. The van der Waals surface area contributed by atoms with Crippen LogP contribution in [0, 0.1) is 0 Å². The van der Waals surface area contributed by atoms with Gasteiger partial charge in [0.2, 0.25) is 0 Å². The highest BCUT2D eigenvalue weighted by atomic mass is 16.5. The van der Waals surface area contributed by atoms with Crippen LogP contribution in [0.4, 0.5) is 5.69 Å². The van der Waals surface area contributed by atoms with Crippen molar-refractivity contribution < 1.29 is 19.0 Å². The zero-order valence-electron chi connectivity index (χ0n) is 12.2. The zero-order valence-corrected chi connectivity index (χ0v) is 12.2. The molecule has 0 aliphatic carbocycles. The van der Waals surface area contributed by atoms with Gasteiger partial charge in [-0.1, -0.05) is 12.1 Å². The molecule has 0 atom stereocenters. The maximum Gasteiger partial charge on any atom is 0.259 e. The van der Waals surface area contributed by atoms with Crippen LogP contribution in [-0.2, 0) is 0 Å². The molecule has 1 amide bonds. The Morgan fingerprint density at radius 2 is 1.52 bits per heavy atom. The van der Waals surface area contributed by atoms with E-state index in [0.717, 1.165) is 0 Å². The minimum absolute atomic E-state index is 0.250. The van der Waals surface area contributed by atoms with Gasteiger partial charge in [0.25, 0.3) is 5.91 Å². The lowest BCUT2D eigenvalue weighted by molar-refractivity contribution is 0.102. The molecule has 0 aliphatic rings. The Morgan fingerprint density at radius 3 is 2.19 bits per heavy atom. The number of hydrogen-bond donors (Lipinski definition) is 1. The first kappa shape index (κ1) is 14.7. The molecular formula is C16H17NO4. The molecule has 2 aromatic carbocycles. The van der Waals surface area contributed by atoms with Crippen molar-refractivity contribution in [2.45, 2.75) is 0 Å². The van der Waals surface area contributed by atoms with Crippen LogP contribution < -0.4 is 19.5 Å². The second kappa shape index (κ2) is 6.65. The standard InChI is InChI=1S/C16H17NO4/c1-19-13-7-5-4-6-12(13)16(18)17-11-8-9-14(20-2)15(10-11)21-3/h4-10H,1-3H3,(H,17,18). The van der Waals surface area contributed by atoms with E-state index in [1.54, 1.807) is 50.6 Å².